The molecule has 45 heavy (non-hydrogen) atoms. The van der Waals surface area contributed by atoms with Crippen molar-refractivity contribution >= 4 is 23.6 Å². The summed E-state index contributed by atoms with van der Waals surface area (Å²) in [6, 6.07) is 8.17. The van der Waals surface area contributed by atoms with Crippen LogP contribution in [0.4, 0.5) is 0 Å². The zero-order valence-corrected chi connectivity index (χ0v) is 27.2. The van der Waals surface area contributed by atoms with Gasteiger partial charge < -0.3 is 25.8 Å². The fourth-order valence-corrected chi connectivity index (χ4v) is 6.24. The van der Waals surface area contributed by atoms with E-state index in [-0.39, 0.29) is 23.6 Å². The van der Waals surface area contributed by atoms with Crippen LogP contribution in [-0.4, -0.2) is 88.5 Å². The highest BCUT2D eigenvalue weighted by Gasteiger charge is 2.28. The molecule has 0 bridgehead atoms. The van der Waals surface area contributed by atoms with E-state index in [1.54, 1.807) is 23.9 Å². The number of benzene rings is 1. The van der Waals surface area contributed by atoms with Gasteiger partial charge in [0, 0.05) is 58.3 Å². The molecule has 1 aromatic carbocycles. The lowest BCUT2D eigenvalue weighted by atomic mass is 9.85. The van der Waals surface area contributed by atoms with Gasteiger partial charge in [0.25, 0.3) is 5.91 Å². The predicted molar refractivity (Wildman–Crippen MR) is 173 cm³/mol. The Kier molecular flexibility index (Phi) is 13.0. The van der Waals surface area contributed by atoms with Crippen LogP contribution in [0.1, 0.15) is 86.8 Å². The number of nitrogens with one attached hydrogen (secondary N) is 3. The standard InChI is InChI=1S/C34H51N7O4/c1-4-31(42)37-29(34(45)40-21-19-39(3)20-22-40)23-26-11-13-27(14-12-26)24-35-32(43)28(16-15-25-9-7-6-8-10-25)38-33(44)30-17-18-36-41(30)5-2/h11-14,17-18,25,28-29H,4-10,15-16,19-24H2,1-3H3,(H,35,43)(H,37,42)(H,38,44)/t28-,29+/m0/s1. The lowest BCUT2D eigenvalue weighted by Gasteiger charge is -2.34. The predicted octanol–water partition coefficient (Wildman–Crippen LogP) is 2.89. The number of rotatable bonds is 14. The highest BCUT2D eigenvalue weighted by Crippen LogP contribution is 2.28. The van der Waals surface area contributed by atoms with Crippen LogP contribution in [0.5, 0.6) is 0 Å². The second kappa shape index (κ2) is 17.1. The number of amides is 4. The molecule has 2 fully saturated rings. The first-order chi connectivity index (χ1) is 21.8. The molecule has 0 unspecified atom stereocenters. The molecule has 3 N–H and O–H groups in total. The third kappa shape index (κ3) is 10.1. The molecule has 2 aliphatic rings. The molecule has 2 heterocycles. The minimum Gasteiger partial charge on any atom is -0.350 e. The number of nitrogens with zero attached hydrogens (tertiary/aromatic N) is 4. The van der Waals surface area contributed by atoms with Crippen LogP contribution < -0.4 is 16.0 Å². The summed E-state index contributed by atoms with van der Waals surface area (Å²) in [5.41, 5.74) is 2.29. The summed E-state index contributed by atoms with van der Waals surface area (Å²) >= 11 is 0. The fourth-order valence-electron chi connectivity index (χ4n) is 6.24. The van der Waals surface area contributed by atoms with Gasteiger partial charge in [-0.15, -0.1) is 0 Å². The van der Waals surface area contributed by atoms with Gasteiger partial charge in [0.05, 0.1) is 0 Å². The van der Waals surface area contributed by atoms with E-state index in [2.05, 4.69) is 25.9 Å². The highest BCUT2D eigenvalue weighted by molar-refractivity contribution is 5.96. The zero-order valence-electron chi connectivity index (χ0n) is 27.2. The summed E-state index contributed by atoms with van der Waals surface area (Å²) in [5.74, 6) is -0.103. The van der Waals surface area contributed by atoms with Gasteiger partial charge >= 0.3 is 0 Å². The molecule has 2 aromatic rings. The fraction of sp³-hybridized carbons (Fsp3) is 0.618. The van der Waals surface area contributed by atoms with Gasteiger partial charge in [-0.1, -0.05) is 63.3 Å². The second-order valence-corrected chi connectivity index (χ2v) is 12.5. The Hall–Kier alpha value is -3.73. The molecule has 1 saturated carbocycles. The van der Waals surface area contributed by atoms with Gasteiger partial charge in [-0.2, -0.15) is 5.10 Å². The Balaban J connectivity index is 1.36. The molecule has 2 atom stereocenters. The van der Waals surface area contributed by atoms with Crippen molar-refractivity contribution in [3.63, 3.8) is 0 Å². The van der Waals surface area contributed by atoms with E-state index >= 15 is 0 Å². The smallest absolute Gasteiger partial charge is 0.270 e. The zero-order chi connectivity index (χ0) is 32.2. The first-order valence-electron chi connectivity index (χ1n) is 16.7. The molecule has 1 aromatic heterocycles. The van der Waals surface area contributed by atoms with Crippen molar-refractivity contribution in [2.75, 3.05) is 33.2 Å². The van der Waals surface area contributed by atoms with Crippen molar-refractivity contribution in [2.24, 2.45) is 5.92 Å². The monoisotopic (exact) mass is 621 g/mol. The number of hydrogen-bond donors (Lipinski definition) is 3. The van der Waals surface area contributed by atoms with Crippen LogP contribution in [0.25, 0.3) is 0 Å². The molecule has 4 rings (SSSR count). The normalized spacial score (nSPS) is 17.4. The molecular formula is C34H51N7O4. The largest absolute Gasteiger partial charge is 0.350 e. The molecule has 11 heteroatoms. The molecule has 1 aliphatic carbocycles. The molecule has 11 nitrogen and oxygen atoms in total. The lowest BCUT2D eigenvalue weighted by Crippen LogP contribution is -2.54. The molecule has 0 radical (unpaired) electrons. The topological polar surface area (TPSA) is 129 Å². The van der Waals surface area contributed by atoms with Crippen molar-refractivity contribution in [2.45, 2.75) is 96.8 Å². The summed E-state index contributed by atoms with van der Waals surface area (Å²) < 4.78 is 1.63. The average molecular weight is 622 g/mol. The minimum absolute atomic E-state index is 0.0513. The van der Waals surface area contributed by atoms with Crippen LogP contribution in [0.15, 0.2) is 36.5 Å². The van der Waals surface area contributed by atoms with Gasteiger partial charge in [0.2, 0.25) is 17.7 Å². The Labute approximate surface area is 267 Å². The van der Waals surface area contributed by atoms with Gasteiger partial charge in [-0.25, -0.2) is 0 Å². The summed E-state index contributed by atoms with van der Waals surface area (Å²) in [6.07, 6.45) is 9.91. The second-order valence-electron chi connectivity index (χ2n) is 12.5. The molecule has 1 aliphatic heterocycles. The molecule has 1 saturated heterocycles. The maximum Gasteiger partial charge on any atom is 0.270 e. The van der Waals surface area contributed by atoms with E-state index < -0.39 is 12.1 Å². The molecular weight excluding hydrogens is 570 g/mol. The van der Waals surface area contributed by atoms with Crippen molar-refractivity contribution < 1.29 is 19.2 Å². The Morgan fingerprint density at radius 3 is 2.24 bits per heavy atom. The first-order valence-corrected chi connectivity index (χ1v) is 16.7. The van der Waals surface area contributed by atoms with Crippen LogP contribution >= 0.6 is 0 Å². The summed E-state index contributed by atoms with van der Waals surface area (Å²) in [5, 5.41) is 13.1. The van der Waals surface area contributed by atoms with Crippen molar-refractivity contribution in [3.05, 3.63) is 53.3 Å². The third-order valence-corrected chi connectivity index (χ3v) is 9.16. The van der Waals surface area contributed by atoms with Crippen LogP contribution in [0, 0.1) is 5.92 Å². The SMILES string of the molecule is CCC(=O)N[C@H](Cc1ccc(CNC(=O)[C@H](CCC2CCCCC2)NC(=O)c2ccnn2CC)cc1)C(=O)N1CCN(C)CC1. The number of piperazine rings is 1. The van der Waals surface area contributed by atoms with E-state index in [4.69, 9.17) is 0 Å². The number of aryl methyl sites for hydroxylation is 1. The van der Waals surface area contributed by atoms with Gasteiger partial charge in [-0.05, 0) is 49.9 Å². The van der Waals surface area contributed by atoms with E-state index in [0.717, 1.165) is 30.6 Å². The average Bonchev–Trinajstić information content (AvgIpc) is 3.55. The maximum atomic E-state index is 13.4. The minimum atomic E-state index is -0.637. The molecule has 4 amide bonds. The van der Waals surface area contributed by atoms with E-state index in [1.165, 1.54) is 32.1 Å². The Morgan fingerprint density at radius 2 is 1.58 bits per heavy atom. The van der Waals surface area contributed by atoms with Crippen molar-refractivity contribution in [1.82, 2.24) is 35.5 Å². The lowest BCUT2D eigenvalue weighted by molar-refractivity contribution is -0.137. The van der Waals surface area contributed by atoms with Crippen molar-refractivity contribution in [3.8, 4) is 0 Å². The van der Waals surface area contributed by atoms with E-state index in [9.17, 15) is 19.2 Å². The summed E-state index contributed by atoms with van der Waals surface area (Å²) in [7, 11) is 2.04. The Morgan fingerprint density at radius 1 is 0.889 bits per heavy atom. The van der Waals surface area contributed by atoms with E-state index in [1.807, 2.05) is 43.1 Å². The van der Waals surface area contributed by atoms with E-state index in [0.29, 0.717) is 57.1 Å². The van der Waals surface area contributed by atoms with Crippen LogP contribution in [-0.2, 0) is 33.9 Å². The summed E-state index contributed by atoms with van der Waals surface area (Å²) in [6.45, 7) is 7.52. The van der Waals surface area contributed by atoms with Crippen LogP contribution in [0.2, 0.25) is 0 Å². The number of carbonyl (C=O) groups is 4. The maximum absolute atomic E-state index is 13.4. The number of aromatic nitrogens is 2. The quantitative estimate of drug-likeness (QED) is 0.298. The van der Waals surface area contributed by atoms with Crippen LogP contribution in [0.3, 0.4) is 0 Å². The van der Waals surface area contributed by atoms with Gasteiger partial charge in [0.15, 0.2) is 0 Å². The summed E-state index contributed by atoms with van der Waals surface area (Å²) in [4.78, 5) is 56.1. The first kappa shape index (κ1) is 34.1. The number of carbonyl (C=O) groups excluding carboxylic acids is 4. The molecule has 246 valence electrons. The number of likely N-dealkylation sites (N-methyl/N-ethyl adjacent to an activating group) is 1. The van der Waals surface area contributed by atoms with Crippen molar-refractivity contribution in [1.29, 1.82) is 0 Å². The highest BCUT2D eigenvalue weighted by atomic mass is 16.2. The number of hydrogen-bond acceptors (Lipinski definition) is 6. The van der Waals surface area contributed by atoms with Gasteiger partial charge in [-0.3, -0.25) is 23.9 Å². The molecule has 0 spiro atoms. The Bertz CT molecular complexity index is 1260. The third-order valence-electron chi connectivity index (χ3n) is 9.16. The van der Waals surface area contributed by atoms with Gasteiger partial charge in [0.1, 0.15) is 17.8 Å².